The molecule has 2 unspecified atom stereocenters. The average molecular weight is 208 g/mol. The highest BCUT2D eigenvalue weighted by molar-refractivity contribution is 7.99. The molecular weight excluding hydrogens is 192 g/mol. The van der Waals surface area contributed by atoms with Gasteiger partial charge in [-0.25, -0.2) is 0 Å². The van der Waals surface area contributed by atoms with E-state index in [1.165, 1.54) is 11.8 Å². The van der Waals surface area contributed by atoms with Crippen molar-refractivity contribution in [1.29, 1.82) is 0 Å². The summed E-state index contributed by atoms with van der Waals surface area (Å²) in [6.45, 7) is 1.61. The van der Waals surface area contributed by atoms with Crippen molar-refractivity contribution in [3.05, 3.63) is 0 Å². The highest BCUT2D eigenvalue weighted by Gasteiger charge is 2.08. The third-order valence-electron chi connectivity index (χ3n) is 1.53. The Hall–Kier alpha value is -0.260. The van der Waals surface area contributed by atoms with E-state index in [4.69, 9.17) is 15.3 Å². The first kappa shape index (κ1) is 12.7. The predicted octanol–water partition coefficient (Wildman–Crippen LogP) is 0.326. The largest absolute Gasteiger partial charge is 0.481 e. The van der Waals surface area contributed by atoms with E-state index < -0.39 is 12.1 Å². The van der Waals surface area contributed by atoms with E-state index >= 15 is 0 Å². The smallest absolute Gasteiger partial charge is 0.304 e. The Balaban J connectivity index is 3.36. The summed E-state index contributed by atoms with van der Waals surface area (Å²) >= 11 is 1.50. The first-order chi connectivity index (χ1) is 6.06. The Bertz CT molecular complexity index is 151. The van der Waals surface area contributed by atoms with Crippen LogP contribution in [0, 0.1) is 0 Å². The molecule has 0 saturated carbocycles. The van der Waals surface area contributed by atoms with Gasteiger partial charge in [0.05, 0.1) is 19.1 Å². The summed E-state index contributed by atoms with van der Waals surface area (Å²) in [5.41, 5.74) is 0. The molecule has 0 spiro atoms. The van der Waals surface area contributed by atoms with E-state index in [-0.39, 0.29) is 18.3 Å². The van der Waals surface area contributed by atoms with Gasteiger partial charge in [-0.05, 0) is 12.2 Å². The Kier molecular flexibility index (Phi) is 7.03. The van der Waals surface area contributed by atoms with Crippen molar-refractivity contribution in [2.24, 2.45) is 0 Å². The van der Waals surface area contributed by atoms with Crippen molar-refractivity contribution in [3.8, 4) is 0 Å². The van der Waals surface area contributed by atoms with Gasteiger partial charge in [-0.2, -0.15) is 11.8 Å². The molecule has 3 N–H and O–H groups in total. The van der Waals surface area contributed by atoms with Crippen molar-refractivity contribution in [2.45, 2.75) is 31.1 Å². The fourth-order valence-corrected chi connectivity index (χ4v) is 1.87. The standard InChI is InChI=1S/C8H16O4S/c1-6(4-8(11)12)13-3-2-7(10)5-9/h6-7,9-10H,2-5H2,1H3,(H,11,12). The molecule has 0 bridgehead atoms. The SMILES string of the molecule is CC(CC(=O)O)SCCC(O)CO. The van der Waals surface area contributed by atoms with E-state index in [1.54, 1.807) is 0 Å². The molecule has 0 aliphatic heterocycles. The molecule has 0 saturated heterocycles. The van der Waals surface area contributed by atoms with Gasteiger partial charge in [0.1, 0.15) is 0 Å². The highest BCUT2D eigenvalue weighted by Crippen LogP contribution is 2.15. The zero-order valence-corrected chi connectivity index (χ0v) is 8.46. The van der Waals surface area contributed by atoms with Gasteiger partial charge >= 0.3 is 5.97 Å². The summed E-state index contributed by atoms with van der Waals surface area (Å²) in [6, 6.07) is 0. The molecule has 2 atom stereocenters. The highest BCUT2D eigenvalue weighted by atomic mass is 32.2. The molecule has 5 heteroatoms. The van der Waals surface area contributed by atoms with Gasteiger partial charge in [-0.1, -0.05) is 6.92 Å². The summed E-state index contributed by atoms with van der Waals surface area (Å²) in [7, 11) is 0. The number of carboxylic acid groups (broad SMARTS) is 1. The molecule has 0 aliphatic rings. The Morgan fingerprint density at radius 3 is 2.62 bits per heavy atom. The lowest BCUT2D eigenvalue weighted by Crippen LogP contribution is -2.14. The number of aliphatic hydroxyl groups is 2. The Labute approximate surface area is 82.0 Å². The monoisotopic (exact) mass is 208 g/mol. The predicted molar refractivity (Wildman–Crippen MR) is 51.9 cm³/mol. The summed E-state index contributed by atoms with van der Waals surface area (Å²) in [5, 5.41) is 26.0. The van der Waals surface area contributed by atoms with Gasteiger partial charge in [0.15, 0.2) is 0 Å². The maximum absolute atomic E-state index is 10.3. The minimum atomic E-state index is -0.803. The van der Waals surface area contributed by atoms with Crippen LogP contribution in [-0.4, -0.2) is 45.0 Å². The molecule has 0 amide bonds. The van der Waals surface area contributed by atoms with E-state index in [9.17, 15) is 4.79 Å². The van der Waals surface area contributed by atoms with Crippen LogP contribution < -0.4 is 0 Å². The minimum absolute atomic E-state index is 0.0587. The number of hydrogen-bond donors (Lipinski definition) is 3. The molecule has 4 nitrogen and oxygen atoms in total. The number of aliphatic hydroxyl groups excluding tert-OH is 2. The zero-order chi connectivity index (χ0) is 10.3. The van der Waals surface area contributed by atoms with Crippen molar-refractivity contribution in [2.75, 3.05) is 12.4 Å². The van der Waals surface area contributed by atoms with Crippen LogP contribution in [0.15, 0.2) is 0 Å². The van der Waals surface area contributed by atoms with Crippen molar-refractivity contribution < 1.29 is 20.1 Å². The second kappa shape index (κ2) is 7.17. The number of aliphatic carboxylic acids is 1. The number of thioether (sulfide) groups is 1. The lowest BCUT2D eigenvalue weighted by atomic mass is 10.3. The van der Waals surface area contributed by atoms with Gasteiger partial charge in [-0.3, -0.25) is 4.79 Å². The van der Waals surface area contributed by atoms with E-state index in [0.29, 0.717) is 12.2 Å². The van der Waals surface area contributed by atoms with Crippen LogP contribution in [-0.2, 0) is 4.79 Å². The molecule has 0 radical (unpaired) electrons. The van der Waals surface area contributed by atoms with Crippen LogP contribution in [0.5, 0.6) is 0 Å². The van der Waals surface area contributed by atoms with Crippen LogP contribution in [0.1, 0.15) is 19.8 Å². The molecule has 0 rings (SSSR count). The van der Waals surface area contributed by atoms with Crippen LogP contribution in [0.2, 0.25) is 0 Å². The summed E-state index contributed by atoms with van der Waals surface area (Å²) in [5.74, 6) is -0.126. The van der Waals surface area contributed by atoms with Crippen molar-refractivity contribution >= 4 is 17.7 Å². The van der Waals surface area contributed by atoms with Gasteiger partial charge in [0.25, 0.3) is 0 Å². The molecule has 0 aromatic rings. The van der Waals surface area contributed by atoms with Gasteiger partial charge in [0.2, 0.25) is 0 Å². The Morgan fingerprint density at radius 1 is 1.54 bits per heavy atom. The van der Waals surface area contributed by atoms with Gasteiger partial charge in [-0.15, -0.1) is 0 Å². The van der Waals surface area contributed by atoms with E-state index in [1.807, 2.05) is 6.92 Å². The van der Waals surface area contributed by atoms with Gasteiger partial charge < -0.3 is 15.3 Å². The average Bonchev–Trinajstić information content (AvgIpc) is 2.02. The summed E-state index contributed by atoms with van der Waals surface area (Å²) in [6.07, 6.45) is -0.0325. The first-order valence-electron chi connectivity index (χ1n) is 4.18. The van der Waals surface area contributed by atoms with Crippen molar-refractivity contribution in [1.82, 2.24) is 0 Å². The molecule has 0 aromatic heterocycles. The lowest BCUT2D eigenvalue weighted by molar-refractivity contribution is -0.136. The van der Waals surface area contributed by atoms with E-state index in [0.717, 1.165) is 0 Å². The third-order valence-corrected chi connectivity index (χ3v) is 2.73. The van der Waals surface area contributed by atoms with Crippen molar-refractivity contribution in [3.63, 3.8) is 0 Å². The molecule has 0 heterocycles. The molecule has 0 aliphatic carbocycles. The minimum Gasteiger partial charge on any atom is -0.481 e. The fourth-order valence-electron chi connectivity index (χ4n) is 0.801. The summed E-state index contributed by atoms with van der Waals surface area (Å²) in [4.78, 5) is 10.3. The third kappa shape index (κ3) is 8.08. The molecule has 78 valence electrons. The van der Waals surface area contributed by atoms with Crippen LogP contribution in [0.4, 0.5) is 0 Å². The number of hydrogen-bond acceptors (Lipinski definition) is 4. The fraction of sp³-hybridized carbons (Fsp3) is 0.875. The van der Waals surface area contributed by atoms with Gasteiger partial charge in [0, 0.05) is 5.25 Å². The maximum atomic E-state index is 10.3. The molecule has 13 heavy (non-hydrogen) atoms. The molecular formula is C8H16O4S. The lowest BCUT2D eigenvalue weighted by Gasteiger charge is -2.10. The van der Waals surface area contributed by atoms with Crippen LogP contribution >= 0.6 is 11.8 Å². The zero-order valence-electron chi connectivity index (χ0n) is 7.64. The van der Waals surface area contributed by atoms with Crippen LogP contribution in [0.3, 0.4) is 0 Å². The quantitative estimate of drug-likeness (QED) is 0.562. The Morgan fingerprint density at radius 2 is 2.15 bits per heavy atom. The number of carboxylic acids is 1. The maximum Gasteiger partial charge on any atom is 0.304 e. The second-order valence-electron chi connectivity index (χ2n) is 2.90. The number of carbonyl (C=O) groups is 1. The first-order valence-corrected chi connectivity index (χ1v) is 5.23. The number of rotatable bonds is 7. The molecule has 0 fully saturated rings. The van der Waals surface area contributed by atoms with E-state index in [2.05, 4.69) is 0 Å². The topological polar surface area (TPSA) is 77.8 Å². The second-order valence-corrected chi connectivity index (χ2v) is 4.45. The summed E-state index contributed by atoms with van der Waals surface area (Å²) < 4.78 is 0. The van der Waals surface area contributed by atoms with Crippen LogP contribution in [0.25, 0.3) is 0 Å². The normalized spacial score (nSPS) is 15.3. The molecule has 0 aromatic carbocycles.